The van der Waals surface area contributed by atoms with E-state index in [4.69, 9.17) is 11.6 Å². The van der Waals surface area contributed by atoms with Crippen molar-refractivity contribution >= 4 is 35.0 Å². The van der Waals surface area contributed by atoms with E-state index in [0.29, 0.717) is 17.4 Å². The first kappa shape index (κ1) is 17.4. The Bertz CT molecular complexity index is 467. The molecule has 1 heterocycles. The van der Waals surface area contributed by atoms with Crippen molar-refractivity contribution in [2.45, 2.75) is 40.2 Å². The van der Waals surface area contributed by atoms with Gasteiger partial charge in [-0.3, -0.25) is 4.79 Å². The Labute approximate surface area is 130 Å². The minimum absolute atomic E-state index is 0.0287. The van der Waals surface area contributed by atoms with Gasteiger partial charge >= 0.3 is 0 Å². The lowest BCUT2D eigenvalue weighted by Crippen LogP contribution is -2.36. The fourth-order valence-corrected chi connectivity index (χ4v) is 3.10. The highest BCUT2D eigenvalue weighted by Crippen LogP contribution is 2.31. The fourth-order valence-electron chi connectivity index (χ4n) is 2.01. The van der Waals surface area contributed by atoms with E-state index >= 15 is 0 Å². The molecule has 0 aliphatic rings. The van der Waals surface area contributed by atoms with Crippen LogP contribution in [-0.4, -0.2) is 34.2 Å². The molecule has 0 aromatic carbocycles. The molecule has 114 valence electrons. The van der Waals surface area contributed by atoms with Gasteiger partial charge in [0, 0.05) is 18.2 Å². The maximum absolute atomic E-state index is 12.5. The molecule has 1 aromatic heterocycles. The second kappa shape index (κ2) is 6.85. The number of amides is 1. The van der Waals surface area contributed by atoms with Gasteiger partial charge in [-0.2, -0.15) is 16.9 Å². The summed E-state index contributed by atoms with van der Waals surface area (Å²) < 4.78 is 1.75. The van der Waals surface area contributed by atoms with Crippen molar-refractivity contribution in [2.24, 2.45) is 5.92 Å². The molecule has 6 heteroatoms. The zero-order valence-electron chi connectivity index (χ0n) is 13.1. The first-order chi connectivity index (χ1) is 9.23. The summed E-state index contributed by atoms with van der Waals surface area (Å²) in [4.78, 5) is 14.2. The molecule has 0 bridgehead atoms. The van der Waals surface area contributed by atoms with Crippen LogP contribution in [0.25, 0.3) is 0 Å². The standard InChI is InChI=1S/C14H24ClN3OS/c1-7-17(13(19)10(2)9-20-6)11-8-16-18(12(11)15)14(3,4)5/h8,10H,7,9H2,1-6H3. The van der Waals surface area contributed by atoms with E-state index in [1.54, 1.807) is 27.5 Å². The summed E-state index contributed by atoms with van der Waals surface area (Å²) in [6.45, 7) is 10.6. The number of halogens is 1. The summed E-state index contributed by atoms with van der Waals surface area (Å²) in [6, 6.07) is 0. The number of carbonyl (C=O) groups is 1. The minimum atomic E-state index is -0.206. The summed E-state index contributed by atoms with van der Waals surface area (Å²) in [5, 5.41) is 4.85. The van der Waals surface area contributed by atoms with Gasteiger partial charge in [0.05, 0.1) is 11.7 Å². The van der Waals surface area contributed by atoms with Gasteiger partial charge < -0.3 is 4.90 Å². The summed E-state index contributed by atoms with van der Waals surface area (Å²) >= 11 is 8.08. The van der Waals surface area contributed by atoms with Crippen LogP contribution in [0.15, 0.2) is 6.20 Å². The van der Waals surface area contributed by atoms with Crippen LogP contribution in [-0.2, 0) is 10.3 Å². The summed E-state index contributed by atoms with van der Waals surface area (Å²) in [5.74, 6) is 0.872. The van der Waals surface area contributed by atoms with Crippen molar-refractivity contribution in [1.82, 2.24) is 9.78 Å². The molecule has 20 heavy (non-hydrogen) atoms. The number of aromatic nitrogens is 2. The van der Waals surface area contributed by atoms with E-state index in [9.17, 15) is 4.79 Å². The van der Waals surface area contributed by atoms with Gasteiger partial charge in [0.15, 0.2) is 5.15 Å². The monoisotopic (exact) mass is 317 g/mol. The maximum Gasteiger partial charge on any atom is 0.230 e. The van der Waals surface area contributed by atoms with Crippen LogP contribution in [0.1, 0.15) is 34.6 Å². The Hall–Kier alpha value is -0.680. The Morgan fingerprint density at radius 2 is 2.15 bits per heavy atom. The molecule has 4 nitrogen and oxygen atoms in total. The predicted octanol–water partition coefficient (Wildman–Crippen LogP) is 3.64. The highest BCUT2D eigenvalue weighted by molar-refractivity contribution is 7.98. The first-order valence-electron chi connectivity index (χ1n) is 6.78. The van der Waals surface area contributed by atoms with E-state index < -0.39 is 0 Å². The van der Waals surface area contributed by atoms with E-state index in [2.05, 4.69) is 5.10 Å². The van der Waals surface area contributed by atoms with Crippen molar-refractivity contribution in [3.63, 3.8) is 0 Å². The molecule has 1 atom stereocenters. The van der Waals surface area contributed by atoms with E-state index in [1.165, 1.54) is 0 Å². The zero-order valence-corrected chi connectivity index (χ0v) is 14.7. The van der Waals surface area contributed by atoms with Crippen LogP contribution < -0.4 is 4.90 Å². The van der Waals surface area contributed by atoms with E-state index in [0.717, 1.165) is 5.75 Å². The van der Waals surface area contributed by atoms with Gasteiger partial charge in [-0.1, -0.05) is 18.5 Å². The number of anilines is 1. The second-order valence-electron chi connectivity index (χ2n) is 5.84. The van der Waals surface area contributed by atoms with Crippen LogP contribution in [0, 0.1) is 5.92 Å². The van der Waals surface area contributed by atoms with Gasteiger partial charge in [0.1, 0.15) is 5.69 Å². The second-order valence-corrected chi connectivity index (χ2v) is 7.11. The van der Waals surface area contributed by atoms with Gasteiger partial charge in [0.25, 0.3) is 0 Å². The maximum atomic E-state index is 12.5. The third kappa shape index (κ3) is 3.70. The molecular formula is C14H24ClN3OS. The molecule has 1 unspecified atom stereocenters. The average molecular weight is 318 g/mol. The van der Waals surface area contributed by atoms with Crippen molar-refractivity contribution < 1.29 is 4.79 Å². The molecule has 0 spiro atoms. The topological polar surface area (TPSA) is 38.1 Å². The molecule has 0 fully saturated rings. The Morgan fingerprint density at radius 3 is 2.55 bits per heavy atom. The summed E-state index contributed by atoms with van der Waals surface area (Å²) in [5.41, 5.74) is 0.491. The number of carbonyl (C=O) groups excluding carboxylic acids is 1. The van der Waals surface area contributed by atoms with Crippen LogP contribution >= 0.6 is 23.4 Å². The molecule has 0 radical (unpaired) electrons. The number of hydrogen-bond acceptors (Lipinski definition) is 3. The lowest BCUT2D eigenvalue weighted by atomic mass is 10.1. The molecule has 1 amide bonds. The highest BCUT2D eigenvalue weighted by Gasteiger charge is 2.27. The Kier molecular flexibility index (Phi) is 5.95. The first-order valence-corrected chi connectivity index (χ1v) is 8.55. The molecule has 0 saturated heterocycles. The SMILES string of the molecule is CCN(C(=O)C(C)CSC)c1cnn(C(C)(C)C)c1Cl. The van der Waals surface area contributed by atoms with Crippen molar-refractivity contribution in [1.29, 1.82) is 0 Å². The van der Waals surface area contributed by atoms with Crippen molar-refractivity contribution in [2.75, 3.05) is 23.5 Å². The zero-order chi connectivity index (χ0) is 15.5. The van der Waals surface area contributed by atoms with Gasteiger partial charge in [-0.25, -0.2) is 4.68 Å². The quantitative estimate of drug-likeness (QED) is 0.832. The number of thioether (sulfide) groups is 1. The molecule has 0 saturated carbocycles. The fraction of sp³-hybridized carbons (Fsp3) is 0.714. The predicted molar refractivity (Wildman–Crippen MR) is 87.8 cm³/mol. The number of rotatable bonds is 5. The molecule has 1 rings (SSSR count). The Balaban J connectivity index is 3.08. The summed E-state index contributed by atoms with van der Waals surface area (Å²) in [6.07, 6.45) is 3.69. The third-order valence-electron chi connectivity index (χ3n) is 3.04. The van der Waals surface area contributed by atoms with E-state index in [-0.39, 0.29) is 17.4 Å². The normalized spacial score (nSPS) is 13.3. The molecular weight excluding hydrogens is 294 g/mol. The van der Waals surface area contributed by atoms with Gasteiger partial charge in [-0.05, 0) is 34.0 Å². The highest BCUT2D eigenvalue weighted by atomic mass is 35.5. The van der Waals surface area contributed by atoms with Crippen LogP contribution in [0.4, 0.5) is 5.69 Å². The van der Waals surface area contributed by atoms with Gasteiger partial charge in [-0.15, -0.1) is 0 Å². The minimum Gasteiger partial charge on any atom is -0.308 e. The molecule has 1 aromatic rings. The van der Waals surface area contributed by atoms with Crippen LogP contribution in [0.3, 0.4) is 0 Å². The molecule has 0 aliphatic heterocycles. The summed E-state index contributed by atoms with van der Waals surface area (Å²) in [7, 11) is 0. The molecule has 0 aliphatic carbocycles. The third-order valence-corrected chi connectivity index (χ3v) is 4.23. The number of nitrogens with zero attached hydrogens (tertiary/aromatic N) is 3. The Morgan fingerprint density at radius 1 is 1.55 bits per heavy atom. The lowest BCUT2D eigenvalue weighted by Gasteiger charge is -2.25. The van der Waals surface area contributed by atoms with Crippen LogP contribution in [0.2, 0.25) is 5.15 Å². The van der Waals surface area contributed by atoms with Crippen LogP contribution in [0.5, 0.6) is 0 Å². The lowest BCUT2D eigenvalue weighted by molar-refractivity contribution is -0.121. The number of hydrogen-bond donors (Lipinski definition) is 0. The largest absolute Gasteiger partial charge is 0.308 e. The van der Waals surface area contributed by atoms with E-state index in [1.807, 2.05) is 40.9 Å². The van der Waals surface area contributed by atoms with Crippen molar-refractivity contribution in [3.05, 3.63) is 11.3 Å². The smallest absolute Gasteiger partial charge is 0.230 e. The van der Waals surface area contributed by atoms with Crippen molar-refractivity contribution in [3.8, 4) is 0 Å². The average Bonchev–Trinajstić information content (AvgIpc) is 2.72. The van der Waals surface area contributed by atoms with Gasteiger partial charge in [0.2, 0.25) is 5.91 Å². The molecule has 0 N–H and O–H groups in total.